The zero-order chi connectivity index (χ0) is 13.9. The number of pyridine rings is 1. The molecule has 6 heteroatoms. The van der Waals surface area contributed by atoms with Crippen LogP contribution < -0.4 is 5.73 Å². The van der Waals surface area contributed by atoms with Crippen molar-refractivity contribution in [3.05, 3.63) is 23.9 Å². The highest BCUT2D eigenvalue weighted by Crippen LogP contribution is 2.18. The number of rotatable bonds is 5. The number of hydrogen-bond donors (Lipinski definition) is 1. The van der Waals surface area contributed by atoms with Gasteiger partial charge in [0.25, 0.3) is 10.0 Å². The maximum absolute atomic E-state index is 12.3. The van der Waals surface area contributed by atoms with Crippen molar-refractivity contribution in [3.63, 3.8) is 0 Å². The van der Waals surface area contributed by atoms with Crippen molar-refractivity contribution in [1.29, 1.82) is 0 Å². The molecule has 0 saturated heterocycles. The van der Waals surface area contributed by atoms with Crippen LogP contribution in [0.4, 0.5) is 0 Å². The summed E-state index contributed by atoms with van der Waals surface area (Å²) in [6.45, 7) is 6.21. The molecule has 0 radical (unpaired) electrons. The highest BCUT2D eigenvalue weighted by molar-refractivity contribution is 7.89. The average Bonchev–Trinajstić information content (AvgIpc) is 2.36. The fraction of sp³-hybridized carbons (Fsp3) is 0.583. The van der Waals surface area contributed by atoms with E-state index < -0.39 is 10.0 Å². The van der Waals surface area contributed by atoms with E-state index in [0.717, 1.165) is 5.56 Å². The van der Waals surface area contributed by atoms with Gasteiger partial charge in [0, 0.05) is 25.8 Å². The quantitative estimate of drug-likeness (QED) is 0.873. The van der Waals surface area contributed by atoms with Gasteiger partial charge < -0.3 is 5.73 Å². The Morgan fingerprint density at radius 2 is 1.94 bits per heavy atom. The second-order valence-corrected chi connectivity index (χ2v) is 6.66. The van der Waals surface area contributed by atoms with Crippen molar-refractivity contribution in [2.24, 2.45) is 11.7 Å². The molecular weight excluding hydrogens is 250 g/mol. The maximum atomic E-state index is 12.3. The standard InChI is InChI=1S/C12H21N3O2S/c1-9(2)10(3)15(4)18(16,17)12-6-5-11(7-13)8-14-12/h5-6,8-10H,7,13H2,1-4H3. The molecule has 1 atom stereocenters. The average molecular weight is 271 g/mol. The predicted octanol–water partition coefficient (Wildman–Crippen LogP) is 1.21. The molecule has 102 valence electrons. The Hall–Kier alpha value is -0.980. The van der Waals surface area contributed by atoms with E-state index in [1.807, 2.05) is 20.8 Å². The van der Waals surface area contributed by atoms with Crippen molar-refractivity contribution in [2.75, 3.05) is 7.05 Å². The van der Waals surface area contributed by atoms with Crippen molar-refractivity contribution < 1.29 is 8.42 Å². The first-order valence-corrected chi connectivity index (χ1v) is 7.37. The molecule has 2 N–H and O–H groups in total. The predicted molar refractivity (Wildman–Crippen MR) is 71.4 cm³/mol. The first-order valence-electron chi connectivity index (χ1n) is 5.93. The van der Waals surface area contributed by atoms with E-state index in [4.69, 9.17) is 5.73 Å². The molecule has 0 amide bonds. The summed E-state index contributed by atoms with van der Waals surface area (Å²) in [5.74, 6) is 0.244. The Morgan fingerprint density at radius 3 is 2.33 bits per heavy atom. The van der Waals surface area contributed by atoms with Gasteiger partial charge in [-0.3, -0.25) is 0 Å². The van der Waals surface area contributed by atoms with Crippen molar-refractivity contribution in [3.8, 4) is 0 Å². The molecule has 1 heterocycles. The molecule has 1 unspecified atom stereocenters. The summed E-state index contributed by atoms with van der Waals surface area (Å²) in [6, 6.07) is 3.11. The van der Waals surface area contributed by atoms with E-state index in [1.165, 1.54) is 16.6 Å². The third-order valence-corrected chi connectivity index (χ3v) is 5.08. The Kier molecular flexibility index (Phi) is 4.84. The van der Waals surface area contributed by atoms with Gasteiger partial charge in [-0.15, -0.1) is 0 Å². The molecule has 0 fully saturated rings. The number of aromatic nitrogens is 1. The van der Waals surface area contributed by atoms with Gasteiger partial charge in [0.2, 0.25) is 0 Å². The van der Waals surface area contributed by atoms with Gasteiger partial charge in [-0.1, -0.05) is 19.9 Å². The smallest absolute Gasteiger partial charge is 0.260 e. The summed E-state index contributed by atoms with van der Waals surface area (Å²) >= 11 is 0. The normalized spacial score (nSPS) is 14.2. The fourth-order valence-electron chi connectivity index (χ4n) is 1.47. The second-order valence-electron chi connectivity index (χ2n) is 4.71. The molecule has 0 bridgehead atoms. The number of nitrogens with zero attached hydrogens (tertiary/aromatic N) is 2. The third kappa shape index (κ3) is 3.07. The zero-order valence-electron chi connectivity index (χ0n) is 11.3. The van der Waals surface area contributed by atoms with Crippen LogP contribution in [0.25, 0.3) is 0 Å². The van der Waals surface area contributed by atoms with E-state index in [2.05, 4.69) is 4.98 Å². The monoisotopic (exact) mass is 271 g/mol. The van der Waals surface area contributed by atoms with Gasteiger partial charge >= 0.3 is 0 Å². The summed E-state index contributed by atoms with van der Waals surface area (Å²) in [6.07, 6.45) is 1.50. The van der Waals surface area contributed by atoms with Crippen LogP contribution in [0.3, 0.4) is 0 Å². The van der Waals surface area contributed by atoms with Crippen LogP contribution in [0.2, 0.25) is 0 Å². The van der Waals surface area contributed by atoms with Gasteiger partial charge in [-0.25, -0.2) is 13.4 Å². The van der Waals surface area contributed by atoms with Crippen LogP contribution in [0.1, 0.15) is 26.3 Å². The van der Waals surface area contributed by atoms with Crippen molar-refractivity contribution in [2.45, 2.75) is 38.4 Å². The van der Waals surface area contributed by atoms with Gasteiger partial charge in [0.15, 0.2) is 5.03 Å². The van der Waals surface area contributed by atoms with Gasteiger partial charge in [-0.05, 0) is 24.5 Å². The van der Waals surface area contributed by atoms with Gasteiger partial charge in [0.05, 0.1) is 0 Å². The number of sulfonamides is 1. The number of nitrogens with two attached hydrogens (primary N) is 1. The van der Waals surface area contributed by atoms with Crippen LogP contribution in [0.5, 0.6) is 0 Å². The molecule has 0 saturated carbocycles. The van der Waals surface area contributed by atoms with Crippen molar-refractivity contribution in [1.82, 2.24) is 9.29 Å². The second kappa shape index (κ2) is 5.77. The lowest BCUT2D eigenvalue weighted by Crippen LogP contribution is -2.38. The maximum Gasteiger partial charge on any atom is 0.260 e. The lowest BCUT2D eigenvalue weighted by atomic mass is 10.1. The summed E-state index contributed by atoms with van der Waals surface area (Å²) in [5, 5.41) is 0.0645. The molecule has 1 rings (SSSR count). The van der Waals surface area contributed by atoms with E-state index in [-0.39, 0.29) is 17.0 Å². The lowest BCUT2D eigenvalue weighted by Gasteiger charge is -2.26. The van der Waals surface area contributed by atoms with Gasteiger partial charge in [-0.2, -0.15) is 4.31 Å². The highest BCUT2D eigenvalue weighted by Gasteiger charge is 2.27. The Balaban J connectivity index is 3.05. The van der Waals surface area contributed by atoms with Crippen LogP contribution in [0, 0.1) is 5.92 Å². The minimum Gasteiger partial charge on any atom is -0.326 e. The summed E-state index contributed by atoms with van der Waals surface area (Å²) in [5.41, 5.74) is 6.27. The molecule has 18 heavy (non-hydrogen) atoms. The Labute approximate surface area is 109 Å². The van der Waals surface area contributed by atoms with E-state index in [1.54, 1.807) is 13.1 Å². The molecule has 0 aliphatic rings. The minimum absolute atomic E-state index is 0.0645. The molecule has 5 nitrogen and oxygen atoms in total. The van der Waals surface area contributed by atoms with E-state index in [9.17, 15) is 8.42 Å². The Bertz CT molecular complexity index is 483. The van der Waals surface area contributed by atoms with Gasteiger partial charge in [0.1, 0.15) is 0 Å². The molecule has 1 aromatic rings. The first kappa shape index (κ1) is 15.1. The summed E-state index contributed by atoms with van der Waals surface area (Å²) < 4.78 is 26.0. The summed E-state index contributed by atoms with van der Waals surface area (Å²) in [4.78, 5) is 3.97. The molecular formula is C12H21N3O2S. The SMILES string of the molecule is CC(C)C(C)N(C)S(=O)(=O)c1ccc(CN)cn1. The molecule has 1 aromatic heterocycles. The molecule has 0 aliphatic carbocycles. The third-order valence-electron chi connectivity index (χ3n) is 3.22. The topological polar surface area (TPSA) is 76.3 Å². The molecule has 0 spiro atoms. The lowest BCUT2D eigenvalue weighted by molar-refractivity contribution is 0.315. The van der Waals surface area contributed by atoms with Crippen LogP contribution in [0.15, 0.2) is 23.4 Å². The zero-order valence-corrected chi connectivity index (χ0v) is 12.1. The first-order chi connectivity index (χ1) is 8.30. The summed E-state index contributed by atoms with van der Waals surface area (Å²) in [7, 11) is -1.94. The largest absolute Gasteiger partial charge is 0.326 e. The highest BCUT2D eigenvalue weighted by atomic mass is 32.2. The molecule has 0 aliphatic heterocycles. The van der Waals surface area contributed by atoms with E-state index >= 15 is 0 Å². The fourth-order valence-corrected chi connectivity index (χ4v) is 2.87. The van der Waals surface area contributed by atoms with Crippen LogP contribution in [-0.2, 0) is 16.6 Å². The minimum atomic E-state index is -3.53. The van der Waals surface area contributed by atoms with Crippen molar-refractivity contribution >= 4 is 10.0 Å². The van der Waals surface area contributed by atoms with Crippen LogP contribution in [-0.4, -0.2) is 30.8 Å². The molecule has 0 aromatic carbocycles. The van der Waals surface area contributed by atoms with Crippen LogP contribution >= 0.6 is 0 Å². The van der Waals surface area contributed by atoms with E-state index in [0.29, 0.717) is 6.54 Å². The Morgan fingerprint density at radius 1 is 1.33 bits per heavy atom. The number of hydrogen-bond acceptors (Lipinski definition) is 4.